The fraction of sp³-hybridized carbons (Fsp3) is 0.292. The van der Waals surface area contributed by atoms with Gasteiger partial charge in [-0.25, -0.2) is 13.9 Å². The summed E-state index contributed by atoms with van der Waals surface area (Å²) in [6, 6.07) is 6.34. The molecular formula is C24H19F7N4O3. The Bertz CT molecular complexity index is 1380. The lowest BCUT2D eigenvalue weighted by atomic mass is 10.1. The molecule has 0 spiro atoms. The van der Waals surface area contributed by atoms with Gasteiger partial charge in [0.15, 0.2) is 5.69 Å². The third-order valence-corrected chi connectivity index (χ3v) is 5.97. The molecule has 3 aromatic rings. The number of alkyl halides is 6. The fourth-order valence-electron chi connectivity index (χ4n) is 4.21. The zero-order chi connectivity index (χ0) is 28.0. The highest BCUT2D eigenvalue weighted by Gasteiger charge is 2.44. The van der Waals surface area contributed by atoms with Gasteiger partial charge in [-0.3, -0.25) is 4.79 Å². The van der Waals surface area contributed by atoms with Crippen LogP contribution in [0, 0.1) is 5.82 Å². The first-order valence-corrected chi connectivity index (χ1v) is 11.1. The zero-order valence-electron chi connectivity index (χ0n) is 19.5. The van der Waals surface area contributed by atoms with Gasteiger partial charge in [0.1, 0.15) is 17.2 Å². The number of carbonyl (C=O) groups is 2. The number of carbonyl (C=O) groups excluding carboxylic acids is 1. The molecule has 202 valence electrons. The number of hydrogen-bond acceptors (Lipinski definition) is 4. The maximum atomic E-state index is 13.9. The Kier molecular flexibility index (Phi) is 6.84. The van der Waals surface area contributed by atoms with E-state index in [2.05, 4.69) is 10.4 Å². The van der Waals surface area contributed by atoms with Gasteiger partial charge < -0.3 is 15.3 Å². The lowest BCUT2D eigenvalue weighted by Gasteiger charge is -2.21. The molecule has 2 aromatic carbocycles. The number of nitrogens with zero attached hydrogens (tertiary/aromatic N) is 3. The van der Waals surface area contributed by atoms with Crippen molar-refractivity contribution in [3.63, 3.8) is 0 Å². The summed E-state index contributed by atoms with van der Waals surface area (Å²) in [5.74, 6) is -3.75. The monoisotopic (exact) mass is 544 g/mol. The third-order valence-electron chi connectivity index (χ3n) is 5.97. The maximum Gasteiger partial charge on any atom is 0.436 e. The summed E-state index contributed by atoms with van der Waals surface area (Å²) < 4.78 is 95.7. The number of nitrogens with one attached hydrogen (secondary N) is 1. The van der Waals surface area contributed by atoms with Crippen LogP contribution in [0.2, 0.25) is 0 Å². The number of benzene rings is 2. The van der Waals surface area contributed by atoms with E-state index in [0.717, 1.165) is 10.7 Å². The summed E-state index contributed by atoms with van der Waals surface area (Å²) in [4.78, 5) is 25.4. The Morgan fingerprint density at radius 3 is 2.26 bits per heavy atom. The van der Waals surface area contributed by atoms with E-state index in [1.807, 2.05) is 0 Å². The molecule has 4 rings (SSSR count). The molecule has 2 N–H and O–H groups in total. The number of fused-ring (bicyclic) bond motifs is 1. The zero-order valence-corrected chi connectivity index (χ0v) is 19.5. The largest absolute Gasteiger partial charge is 0.478 e. The van der Waals surface area contributed by atoms with E-state index in [4.69, 9.17) is 5.11 Å². The van der Waals surface area contributed by atoms with Gasteiger partial charge in [0.05, 0.1) is 23.7 Å². The molecule has 7 nitrogen and oxygen atoms in total. The molecule has 1 aliphatic heterocycles. The number of carboxylic acid groups (broad SMARTS) is 1. The van der Waals surface area contributed by atoms with E-state index in [0.29, 0.717) is 17.7 Å². The van der Waals surface area contributed by atoms with Crippen LogP contribution in [0.15, 0.2) is 42.5 Å². The average Bonchev–Trinajstić information content (AvgIpc) is 3.38. The van der Waals surface area contributed by atoms with Gasteiger partial charge in [0, 0.05) is 13.1 Å². The number of rotatable bonds is 6. The predicted octanol–water partition coefficient (Wildman–Crippen LogP) is 5.27. The summed E-state index contributed by atoms with van der Waals surface area (Å²) in [6.07, 6.45) is -9.86. The summed E-state index contributed by atoms with van der Waals surface area (Å²) in [5, 5.41) is 15.0. The molecular weight excluding hydrogens is 525 g/mol. The summed E-state index contributed by atoms with van der Waals surface area (Å²) >= 11 is 0. The molecule has 14 heteroatoms. The van der Waals surface area contributed by atoms with Crippen molar-refractivity contribution in [3.8, 4) is 0 Å². The Morgan fingerprint density at radius 2 is 1.68 bits per heavy atom. The summed E-state index contributed by atoms with van der Waals surface area (Å²) in [6.45, 7) is 1.01. The van der Waals surface area contributed by atoms with Crippen LogP contribution in [-0.4, -0.2) is 33.3 Å². The molecule has 38 heavy (non-hydrogen) atoms. The fourth-order valence-corrected chi connectivity index (χ4v) is 4.21. The molecule has 0 saturated carbocycles. The van der Waals surface area contributed by atoms with Crippen LogP contribution in [0.5, 0.6) is 0 Å². The molecule has 2 heterocycles. The first kappa shape index (κ1) is 26.9. The summed E-state index contributed by atoms with van der Waals surface area (Å²) in [7, 11) is 0. The highest BCUT2D eigenvalue weighted by molar-refractivity contribution is 6.01. The SMILES string of the molecule is C[C@H](NC(=O)c1c(C(F)(F)F)nn2c1N(Cc1cc(F)cc(C(F)(F)F)c1)CC2)c1ccc(C(=O)O)cc1. The Labute approximate surface area is 210 Å². The van der Waals surface area contributed by atoms with Crippen molar-refractivity contribution in [2.24, 2.45) is 0 Å². The van der Waals surface area contributed by atoms with Crippen LogP contribution in [-0.2, 0) is 25.4 Å². The third kappa shape index (κ3) is 5.43. The van der Waals surface area contributed by atoms with Crippen LogP contribution in [0.4, 0.5) is 36.6 Å². The van der Waals surface area contributed by atoms with Crippen LogP contribution in [0.3, 0.4) is 0 Å². The molecule has 0 unspecified atom stereocenters. The first-order valence-electron chi connectivity index (χ1n) is 11.1. The molecule has 1 amide bonds. The lowest BCUT2D eigenvalue weighted by Crippen LogP contribution is -2.31. The average molecular weight is 544 g/mol. The number of anilines is 1. The van der Waals surface area contributed by atoms with Gasteiger partial charge in [0.2, 0.25) is 0 Å². The second-order valence-corrected chi connectivity index (χ2v) is 8.66. The summed E-state index contributed by atoms with van der Waals surface area (Å²) in [5.41, 5.74) is -3.31. The van der Waals surface area contributed by atoms with E-state index < -0.39 is 59.5 Å². The highest BCUT2D eigenvalue weighted by atomic mass is 19.4. The van der Waals surface area contributed by atoms with E-state index in [-0.39, 0.29) is 30.0 Å². The van der Waals surface area contributed by atoms with E-state index in [9.17, 15) is 40.3 Å². The van der Waals surface area contributed by atoms with E-state index >= 15 is 0 Å². The molecule has 0 saturated heterocycles. The van der Waals surface area contributed by atoms with Crippen LogP contribution < -0.4 is 10.2 Å². The quantitative estimate of drug-likeness (QED) is 0.413. The molecule has 0 radical (unpaired) electrons. The smallest absolute Gasteiger partial charge is 0.436 e. The van der Waals surface area contributed by atoms with Crippen LogP contribution >= 0.6 is 0 Å². The molecule has 1 aromatic heterocycles. The topological polar surface area (TPSA) is 87.5 Å². The van der Waals surface area contributed by atoms with Crippen LogP contribution in [0.25, 0.3) is 0 Å². The molecule has 1 aliphatic rings. The standard InChI is InChI=1S/C24H19F7N4O3/c1-12(14-2-4-15(5-3-14)22(37)38)32-20(36)18-19(24(29,30)31)33-35-7-6-34(21(18)35)11-13-8-16(23(26,27)28)10-17(25)9-13/h2-5,8-10,12H,6-7,11H2,1H3,(H,32,36)(H,37,38)/t12-/m0/s1. The number of halogens is 7. The maximum absolute atomic E-state index is 13.9. The number of hydrogen-bond donors (Lipinski definition) is 2. The van der Waals surface area contributed by atoms with Crippen molar-refractivity contribution in [1.29, 1.82) is 0 Å². The number of amides is 1. The van der Waals surface area contributed by atoms with Crippen molar-refractivity contribution in [1.82, 2.24) is 15.1 Å². The minimum absolute atomic E-state index is 0.0187. The van der Waals surface area contributed by atoms with Crippen molar-refractivity contribution in [3.05, 3.63) is 81.8 Å². The van der Waals surface area contributed by atoms with Gasteiger partial charge in [-0.2, -0.15) is 31.4 Å². The second-order valence-electron chi connectivity index (χ2n) is 8.66. The lowest BCUT2D eigenvalue weighted by molar-refractivity contribution is -0.142. The number of aromatic carboxylic acids is 1. The van der Waals surface area contributed by atoms with Crippen molar-refractivity contribution < 1.29 is 45.4 Å². The van der Waals surface area contributed by atoms with Gasteiger partial charge in [0.25, 0.3) is 5.91 Å². The predicted molar refractivity (Wildman–Crippen MR) is 119 cm³/mol. The van der Waals surface area contributed by atoms with Crippen LogP contribution in [0.1, 0.15) is 56.1 Å². The Hall–Kier alpha value is -4.10. The van der Waals surface area contributed by atoms with E-state index in [1.54, 1.807) is 0 Å². The van der Waals surface area contributed by atoms with Crippen molar-refractivity contribution in [2.75, 3.05) is 11.4 Å². The molecule has 0 fully saturated rings. The van der Waals surface area contributed by atoms with Crippen molar-refractivity contribution >= 4 is 17.7 Å². The van der Waals surface area contributed by atoms with Gasteiger partial charge in [-0.05, 0) is 48.4 Å². The van der Waals surface area contributed by atoms with E-state index in [1.165, 1.54) is 36.1 Å². The minimum atomic E-state index is -5.02. The first-order chi connectivity index (χ1) is 17.6. The number of aromatic nitrogens is 2. The molecule has 0 bridgehead atoms. The molecule has 0 aliphatic carbocycles. The Morgan fingerprint density at radius 1 is 1.03 bits per heavy atom. The highest BCUT2D eigenvalue weighted by Crippen LogP contribution is 2.39. The second kappa shape index (κ2) is 9.65. The van der Waals surface area contributed by atoms with Gasteiger partial charge in [-0.15, -0.1) is 0 Å². The molecule has 1 atom stereocenters. The number of carboxylic acids is 1. The minimum Gasteiger partial charge on any atom is -0.478 e. The normalized spacial score (nSPS) is 14.4. The Balaban J connectivity index is 1.67. The van der Waals surface area contributed by atoms with Crippen molar-refractivity contribution in [2.45, 2.75) is 38.4 Å². The van der Waals surface area contributed by atoms with Gasteiger partial charge in [-0.1, -0.05) is 12.1 Å². The van der Waals surface area contributed by atoms with Gasteiger partial charge >= 0.3 is 18.3 Å².